The molecule has 0 amide bonds. The van der Waals surface area contributed by atoms with E-state index in [-0.39, 0.29) is 0 Å². The van der Waals surface area contributed by atoms with Gasteiger partial charge >= 0.3 is 0 Å². The molecule has 6 nitrogen and oxygen atoms in total. The zero-order valence-electron chi connectivity index (χ0n) is 16.9. The number of fused-ring (bicyclic) bond motifs is 1. The number of aliphatic hydroxyl groups is 2. The predicted octanol–water partition coefficient (Wildman–Crippen LogP) is 2.91. The van der Waals surface area contributed by atoms with E-state index in [1.54, 1.807) is 6.07 Å². The van der Waals surface area contributed by atoms with Gasteiger partial charge in [-0.3, -0.25) is 0 Å². The van der Waals surface area contributed by atoms with Gasteiger partial charge in [-0.2, -0.15) is 0 Å². The van der Waals surface area contributed by atoms with Gasteiger partial charge in [-0.15, -0.1) is 0 Å². The van der Waals surface area contributed by atoms with Crippen LogP contribution in [0.25, 0.3) is 0 Å². The second-order valence-corrected chi connectivity index (χ2v) is 8.00. The molecule has 4 rings (SSSR count). The van der Waals surface area contributed by atoms with Gasteiger partial charge in [0.1, 0.15) is 36.3 Å². The first-order valence-electron chi connectivity index (χ1n) is 10.3. The van der Waals surface area contributed by atoms with Gasteiger partial charge in [0.15, 0.2) is 0 Å². The molecule has 0 bridgehead atoms. The second-order valence-electron chi connectivity index (χ2n) is 7.59. The Hall–Kier alpha value is -1.67. The van der Waals surface area contributed by atoms with E-state index in [1.807, 2.05) is 43.3 Å². The Morgan fingerprint density at radius 2 is 1.87 bits per heavy atom. The highest BCUT2D eigenvalue weighted by Crippen LogP contribution is 2.36. The van der Waals surface area contributed by atoms with Crippen LogP contribution < -0.4 is 4.74 Å². The molecule has 0 aliphatic carbocycles. The van der Waals surface area contributed by atoms with Crippen LogP contribution in [0.2, 0.25) is 5.02 Å². The van der Waals surface area contributed by atoms with Gasteiger partial charge in [-0.25, -0.2) is 0 Å². The van der Waals surface area contributed by atoms with E-state index in [0.717, 1.165) is 22.4 Å². The van der Waals surface area contributed by atoms with Crippen molar-refractivity contribution in [2.45, 2.75) is 43.9 Å². The second kappa shape index (κ2) is 9.64. The van der Waals surface area contributed by atoms with Gasteiger partial charge in [-0.05, 0) is 48.2 Å². The molecule has 0 saturated carbocycles. The maximum absolute atomic E-state index is 10.7. The highest BCUT2D eigenvalue weighted by molar-refractivity contribution is 6.31. The third-order valence-electron chi connectivity index (χ3n) is 5.53. The van der Waals surface area contributed by atoms with Crippen molar-refractivity contribution in [3.05, 3.63) is 64.2 Å². The molecule has 2 aliphatic heterocycles. The Labute approximate surface area is 181 Å². The van der Waals surface area contributed by atoms with Gasteiger partial charge < -0.3 is 29.2 Å². The monoisotopic (exact) mass is 434 g/mol. The standard InChI is InChI=1S/C23H27ClO6/c1-2-28-17-6-3-14(4-7-17)11-16-12-15(5-8-18(16)24)22-20(25)21(26)23-19(30-22)13-27-9-10-29-23/h3-8,12,19-23,25-26H,2,9-11,13H2,1H3. The fourth-order valence-electron chi connectivity index (χ4n) is 4.00. The summed E-state index contributed by atoms with van der Waals surface area (Å²) in [4.78, 5) is 0. The Morgan fingerprint density at radius 3 is 2.63 bits per heavy atom. The summed E-state index contributed by atoms with van der Waals surface area (Å²) in [6.45, 7) is 3.70. The summed E-state index contributed by atoms with van der Waals surface area (Å²) in [7, 11) is 0. The Kier molecular flexibility index (Phi) is 6.93. The molecule has 7 heteroatoms. The zero-order valence-corrected chi connectivity index (χ0v) is 17.6. The minimum Gasteiger partial charge on any atom is -0.494 e. The Morgan fingerprint density at radius 1 is 1.07 bits per heavy atom. The molecule has 5 unspecified atom stereocenters. The first-order valence-corrected chi connectivity index (χ1v) is 10.7. The molecular formula is C23H27ClO6. The highest BCUT2D eigenvalue weighted by Gasteiger charge is 2.46. The van der Waals surface area contributed by atoms with E-state index in [4.69, 9.17) is 30.5 Å². The first-order chi connectivity index (χ1) is 14.6. The van der Waals surface area contributed by atoms with Crippen LogP contribution in [-0.4, -0.2) is 61.1 Å². The van der Waals surface area contributed by atoms with Crippen molar-refractivity contribution in [1.82, 2.24) is 0 Å². The molecule has 2 aromatic carbocycles. The van der Waals surface area contributed by atoms with E-state index >= 15 is 0 Å². The van der Waals surface area contributed by atoms with Crippen LogP contribution in [0.4, 0.5) is 0 Å². The van der Waals surface area contributed by atoms with Crippen molar-refractivity contribution in [1.29, 1.82) is 0 Å². The minimum absolute atomic E-state index is 0.317. The molecule has 2 heterocycles. The third kappa shape index (κ3) is 4.64. The lowest BCUT2D eigenvalue weighted by atomic mass is 9.90. The number of aliphatic hydroxyl groups excluding tert-OH is 2. The van der Waals surface area contributed by atoms with Crippen LogP contribution in [0.15, 0.2) is 42.5 Å². The summed E-state index contributed by atoms with van der Waals surface area (Å²) < 4.78 is 22.7. The van der Waals surface area contributed by atoms with E-state index in [2.05, 4.69) is 0 Å². The lowest BCUT2D eigenvalue weighted by Crippen LogP contribution is -2.55. The molecular weight excluding hydrogens is 408 g/mol. The Bertz CT molecular complexity index is 842. The third-order valence-corrected chi connectivity index (χ3v) is 5.90. The van der Waals surface area contributed by atoms with Crippen molar-refractivity contribution in [2.75, 3.05) is 26.4 Å². The summed E-state index contributed by atoms with van der Waals surface area (Å²) in [5.74, 6) is 0.830. The lowest BCUT2D eigenvalue weighted by molar-refractivity contribution is -0.234. The topological polar surface area (TPSA) is 77.4 Å². The SMILES string of the molecule is CCOc1ccc(Cc2cc(C3OC4COCCOC4C(O)C3O)ccc2Cl)cc1. The van der Waals surface area contributed by atoms with E-state index in [9.17, 15) is 10.2 Å². The largest absolute Gasteiger partial charge is 0.494 e. The van der Waals surface area contributed by atoms with Crippen molar-refractivity contribution in [2.24, 2.45) is 0 Å². The van der Waals surface area contributed by atoms with E-state index < -0.39 is 30.5 Å². The number of benzene rings is 2. The summed E-state index contributed by atoms with van der Waals surface area (Å²) >= 11 is 6.45. The number of rotatable bonds is 5. The molecule has 2 N–H and O–H groups in total. The van der Waals surface area contributed by atoms with Crippen molar-refractivity contribution < 1.29 is 29.2 Å². The molecule has 0 aromatic heterocycles. The molecule has 162 valence electrons. The minimum atomic E-state index is -1.11. The molecule has 0 radical (unpaired) electrons. The van der Waals surface area contributed by atoms with Gasteiger partial charge in [0, 0.05) is 5.02 Å². The number of hydrogen-bond acceptors (Lipinski definition) is 6. The van der Waals surface area contributed by atoms with Crippen molar-refractivity contribution >= 4 is 11.6 Å². The molecule has 2 fully saturated rings. The lowest BCUT2D eigenvalue weighted by Gasteiger charge is -2.41. The van der Waals surface area contributed by atoms with Gasteiger partial charge in [0.25, 0.3) is 0 Å². The van der Waals surface area contributed by atoms with Crippen molar-refractivity contribution in [3.63, 3.8) is 0 Å². The van der Waals surface area contributed by atoms with E-state index in [1.165, 1.54) is 0 Å². The van der Waals surface area contributed by atoms with Crippen molar-refractivity contribution in [3.8, 4) is 5.75 Å². The van der Waals surface area contributed by atoms with Crippen LogP contribution in [0.3, 0.4) is 0 Å². The van der Waals surface area contributed by atoms with Crippen LogP contribution in [-0.2, 0) is 20.6 Å². The summed E-state index contributed by atoms with van der Waals surface area (Å²) in [6.07, 6.45) is -3.27. The Balaban J connectivity index is 1.54. The van der Waals surface area contributed by atoms with Crippen LogP contribution in [0, 0.1) is 0 Å². The fraction of sp³-hybridized carbons (Fsp3) is 0.478. The van der Waals surface area contributed by atoms with Gasteiger partial charge in [0.05, 0.1) is 26.4 Å². The molecule has 0 spiro atoms. The van der Waals surface area contributed by atoms with E-state index in [0.29, 0.717) is 37.9 Å². The van der Waals surface area contributed by atoms with Crippen LogP contribution in [0.1, 0.15) is 29.7 Å². The first kappa shape index (κ1) is 21.6. The zero-order chi connectivity index (χ0) is 21.1. The summed E-state index contributed by atoms with van der Waals surface area (Å²) in [5.41, 5.74) is 2.77. The number of halogens is 1. The quantitative estimate of drug-likeness (QED) is 0.753. The molecule has 2 saturated heterocycles. The molecule has 2 aliphatic rings. The predicted molar refractivity (Wildman–Crippen MR) is 112 cm³/mol. The molecule has 2 aromatic rings. The summed E-state index contributed by atoms with van der Waals surface area (Å²) in [5, 5.41) is 22.0. The average Bonchev–Trinajstić information content (AvgIpc) is 3.00. The van der Waals surface area contributed by atoms with Gasteiger partial charge in [-0.1, -0.05) is 35.9 Å². The smallest absolute Gasteiger partial charge is 0.119 e. The van der Waals surface area contributed by atoms with Crippen LogP contribution >= 0.6 is 11.6 Å². The molecule has 5 atom stereocenters. The number of hydrogen-bond donors (Lipinski definition) is 2. The summed E-state index contributed by atoms with van der Waals surface area (Å²) in [6, 6.07) is 13.4. The maximum Gasteiger partial charge on any atom is 0.119 e. The normalized spacial score (nSPS) is 29.1. The molecule has 30 heavy (non-hydrogen) atoms. The maximum atomic E-state index is 10.7. The fourth-order valence-corrected chi connectivity index (χ4v) is 4.18. The highest BCUT2D eigenvalue weighted by atomic mass is 35.5. The van der Waals surface area contributed by atoms with Gasteiger partial charge in [0.2, 0.25) is 0 Å². The number of ether oxygens (including phenoxy) is 4. The average molecular weight is 435 g/mol. The van der Waals surface area contributed by atoms with Crippen LogP contribution in [0.5, 0.6) is 5.75 Å².